The van der Waals surface area contributed by atoms with Crippen molar-refractivity contribution in [3.63, 3.8) is 0 Å². The minimum absolute atomic E-state index is 0.418. The standard InChI is InChI=1S/C32H40N2O4/c1-3-4-5-6-7-8-9-10-11-12-25-37-30-19-13-26(14-20-30)32(35)38-31-23-17-28(18-24-31)34-33-27-15-21-29(36-2)22-16-27/h13-24H,3-12,25H2,1-2H3. The number of benzene rings is 3. The summed E-state index contributed by atoms with van der Waals surface area (Å²) in [4.78, 5) is 12.5. The summed E-state index contributed by atoms with van der Waals surface area (Å²) in [5.74, 6) is 1.56. The molecule has 0 atom stereocenters. The molecule has 6 nitrogen and oxygen atoms in total. The van der Waals surface area contributed by atoms with E-state index in [9.17, 15) is 4.79 Å². The third-order valence-corrected chi connectivity index (χ3v) is 6.26. The van der Waals surface area contributed by atoms with Crippen LogP contribution in [0.2, 0.25) is 0 Å². The van der Waals surface area contributed by atoms with Gasteiger partial charge in [0.15, 0.2) is 0 Å². The lowest BCUT2D eigenvalue weighted by Crippen LogP contribution is -2.08. The number of hydrogen-bond donors (Lipinski definition) is 0. The average molecular weight is 517 g/mol. The molecule has 0 aromatic heterocycles. The highest BCUT2D eigenvalue weighted by molar-refractivity contribution is 5.91. The van der Waals surface area contributed by atoms with Crippen LogP contribution < -0.4 is 14.2 Å². The molecule has 0 saturated carbocycles. The van der Waals surface area contributed by atoms with Gasteiger partial charge in [-0.2, -0.15) is 10.2 Å². The zero-order valence-corrected chi connectivity index (χ0v) is 22.7. The van der Waals surface area contributed by atoms with Gasteiger partial charge in [-0.3, -0.25) is 0 Å². The van der Waals surface area contributed by atoms with E-state index in [1.54, 1.807) is 43.5 Å². The van der Waals surface area contributed by atoms with Gasteiger partial charge in [-0.05, 0) is 79.2 Å². The number of unbranched alkanes of at least 4 members (excludes halogenated alkanes) is 9. The Morgan fingerprint density at radius 2 is 1.08 bits per heavy atom. The van der Waals surface area contributed by atoms with E-state index < -0.39 is 5.97 Å². The van der Waals surface area contributed by atoms with Gasteiger partial charge >= 0.3 is 5.97 Å². The molecule has 3 aromatic carbocycles. The Kier molecular flexibility index (Phi) is 12.9. The van der Waals surface area contributed by atoms with Gasteiger partial charge in [-0.25, -0.2) is 4.79 Å². The van der Waals surface area contributed by atoms with Crippen molar-refractivity contribution in [1.82, 2.24) is 0 Å². The molecule has 0 unspecified atom stereocenters. The minimum atomic E-state index is -0.418. The van der Waals surface area contributed by atoms with Crippen molar-refractivity contribution in [1.29, 1.82) is 0 Å². The molecular weight excluding hydrogens is 476 g/mol. The zero-order chi connectivity index (χ0) is 26.8. The van der Waals surface area contributed by atoms with Gasteiger partial charge in [-0.1, -0.05) is 64.7 Å². The number of nitrogens with zero attached hydrogens (tertiary/aromatic N) is 2. The molecule has 0 aliphatic rings. The van der Waals surface area contributed by atoms with E-state index in [2.05, 4.69) is 17.2 Å². The highest BCUT2D eigenvalue weighted by Gasteiger charge is 2.09. The summed E-state index contributed by atoms with van der Waals surface area (Å²) in [6, 6.07) is 21.3. The Balaban J connectivity index is 1.33. The molecule has 0 N–H and O–H groups in total. The Morgan fingerprint density at radius 3 is 1.61 bits per heavy atom. The zero-order valence-electron chi connectivity index (χ0n) is 22.7. The van der Waals surface area contributed by atoms with E-state index in [-0.39, 0.29) is 0 Å². The summed E-state index contributed by atoms with van der Waals surface area (Å²) in [5, 5.41) is 8.41. The minimum Gasteiger partial charge on any atom is -0.497 e. The fourth-order valence-electron chi connectivity index (χ4n) is 3.98. The van der Waals surface area contributed by atoms with Gasteiger partial charge in [0.25, 0.3) is 0 Å². The number of methoxy groups -OCH3 is 1. The van der Waals surface area contributed by atoms with Gasteiger partial charge in [0, 0.05) is 0 Å². The molecule has 3 aromatic rings. The van der Waals surface area contributed by atoms with E-state index in [0.717, 1.165) is 23.6 Å². The summed E-state index contributed by atoms with van der Waals surface area (Å²) in [7, 11) is 1.62. The maximum atomic E-state index is 12.5. The molecule has 0 heterocycles. The Hall–Kier alpha value is -3.67. The summed E-state index contributed by atoms with van der Waals surface area (Å²) in [6.07, 6.45) is 13.0. The molecule has 0 aliphatic heterocycles. The number of esters is 1. The van der Waals surface area contributed by atoms with Crippen LogP contribution >= 0.6 is 0 Å². The number of carbonyl (C=O) groups is 1. The van der Waals surface area contributed by atoms with E-state index >= 15 is 0 Å². The molecular formula is C32H40N2O4. The quantitative estimate of drug-likeness (QED) is 0.0775. The Bertz CT molecular complexity index is 1090. The van der Waals surface area contributed by atoms with Crippen LogP contribution in [0.4, 0.5) is 11.4 Å². The first-order chi connectivity index (χ1) is 18.7. The average Bonchev–Trinajstić information content (AvgIpc) is 2.96. The van der Waals surface area contributed by atoms with Crippen LogP contribution in [-0.4, -0.2) is 19.7 Å². The lowest BCUT2D eigenvalue weighted by atomic mass is 10.1. The van der Waals surface area contributed by atoms with Gasteiger partial charge in [0.1, 0.15) is 17.2 Å². The van der Waals surface area contributed by atoms with Gasteiger partial charge < -0.3 is 14.2 Å². The molecule has 0 amide bonds. The number of azo groups is 1. The molecule has 0 fully saturated rings. The van der Waals surface area contributed by atoms with E-state index in [1.807, 2.05) is 36.4 Å². The first-order valence-corrected chi connectivity index (χ1v) is 13.8. The van der Waals surface area contributed by atoms with Crippen LogP contribution in [0.5, 0.6) is 17.2 Å². The summed E-state index contributed by atoms with van der Waals surface area (Å²) >= 11 is 0. The second kappa shape index (κ2) is 17.0. The molecule has 0 bridgehead atoms. The fourth-order valence-corrected chi connectivity index (χ4v) is 3.98. The second-order valence-electron chi connectivity index (χ2n) is 9.34. The van der Waals surface area contributed by atoms with E-state index in [0.29, 0.717) is 23.6 Å². The monoisotopic (exact) mass is 516 g/mol. The van der Waals surface area contributed by atoms with Gasteiger partial charge in [0.2, 0.25) is 0 Å². The highest BCUT2D eigenvalue weighted by atomic mass is 16.5. The van der Waals surface area contributed by atoms with Crippen LogP contribution in [0.15, 0.2) is 83.0 Å². The van der Waals surface area contributed by atoms with E-state index in [1.165, 1.54) is 57.8 Å². The first kappa shape index (κ1) is 28.9. The normalized spacial score (nSPS) is 11.0. The molecule has 38 heavy (non-hydrogen) atoms. The van der Waals surface area contributed by atoms with E-state index in [4.69, 9.17) is 14.2 Å². The highest BCUT2D eigenvalue weighted by Crippen LogP contribution is 2.24. The molecule has 6 heteroatoms. The number of hydrogen-bond acceptors (Lipinski definition) is 6. The van der Waals surface area contributed by atoms with Crippen LogP contribution in [0.3, 0.4) is 0 Å². The summed E-state index contributed by atoms with van der Waals surface area (Å²) in [6.45, 7) is 2.95. The molecule has 0 aliphatic carbocycles. The number of ether oxygens (including phenoxy) is 3. The van der Waals surface area contributed by atoms with Crippen molar-refractivity contribution >= 4 is 17.3 Å². The van der Waals surface area contributed by atoms with Crippen LogP contribution in [0, 0.1) is 0 Å². The van der Waals surface area contributed by atoms with Gasteiger partial charge in [0.05, 0.1) is 30.7 Å². The van der Waals surface area contributed by atoms with Crippen molar-refractivity contribution < 1.29 is 19.0 Å². The topological polar surface area (TPSA) is 69.5 Å². The van der Waals surface area contributed by atoms with Crippen molar-refractivity contribution in [2.75, 3.05) is 13.7 Å². The number of carbonyl (C=O) groups excluding carboxylic acids is 1. The lowest BCUT2D eigenvalue weighted by Gasteiger charge is -2.08. The smallest absolute Gasteiger partial charge is 0.343 e. The summed E-state index contributed by atoms with van der Waals surface area (Å²) in [5.41, 5.74) is 1.85. The molecule has 0 saturated heterocycles. The van der Waals surface area contributed by atoms with Crippen LogP contribution in [0.1, 0.15) is 81.5 Å². The SMILES string of the molecule is CCCCCCCCCCCCOc1ccc(C(=O)Oc2ccc(N=Nc3ccc(OC)cc3)cc2)cc1. The Labute approximate surface area is 227 Å². The maximum Gasteiger partial charge on any atom is 0.343 e. The predicted octanol–water partition coefficient (Wildman–Crippen LogP) is 9.63. The third kappa shape index (κ3) is 10.8. The summed E-state index contributed by atoms with van der Waals surface area (Å²) < 4.78 is 16.5. The van der Waals surface area contributed by atoms with Crippen molar-refractivity contribution in [3.8, 4) is 17.2 Å². The molecule has 0 radical (unpaired) electrons. The van der Waals surface area contributed by atoms with Crippen LogP contribution in [0.25, 0.3) is 0 Å². The molecule has 3 rings (SSSR count). The Morgan fingerprint density at radius 1 is 0.605 bits per heavy atom. The maximum absolute atomic E-state index is 12.5. The first-order valence-electron chi connectivity index (χ1n) is 13.8. The van der Waals surface area contributed by atoms with Crippen molar-refractivity contribution in [2.24, 2.45) is 10.2 Å². The third-order valence-electron chi connectivity index (χ3n) is 6.26. The largest absolute Gasteiger partial charge is 0.497 e. The van der Waals surface area contributed by atoms with Gasteiger partial charge in [-0.15, -0.1) is 0 Å². The van der Waals surface area contributed by atoms with Crippen LogP contribution in [-0.2, 0) is 0 Å². The predicted molar refractivity (Wildman–Crippen MR) is 152 cm³/mol. The number of rotatable bonds is 17. The lowest BCUT2D eigenvalue weighted by molar-refractivity contribution is 0.0734. The molecule has 0 spiro atoms. The van der Waals surface area contributed by atoms with Crippen molar-refractivity contribution in [3.05, 3.63) is 78.4 Å². The second-order valence-corrected chi connectivity index (χ2v) is 9.34. The van der Waals surface area contributed by atoms with Crippen molar-refractivity contribution in [2.45, 2.75) is 71.1 Å². The fraction of sp³-hybridized carbons (Fsp3) is 0.406. The molecule has 202 valence electrons.